The summed E-state index contributed by atoms with van der Waals surface area (Å²) in [6.45, 7) is 1.09. The van der Waals surface area contributed by atoms with Crippen LogP contribution in [0.15, 0.2) is 15.8 Å². The fraction of sp³-hybridized carbons (Fsp3) is 0.692. The summed E-state index contributed by atoms with van der Waals surface area (Å²) in [4.78, 5) is 61.7. The van der Waals surface area contributed by atoms with E-state index in [-0.39, 0.29) is 12.1 Å². The van der Waals surface area contributed by atoms with Crippen LogP contribution < -0.4 is 11.2 Å². The molecule has 1 aromatic heterocycles. The zero-order valence-electron chi connectivity index (χ0n) is 16.9. The Morgan fingerprint density at radius 2 is 1.70 bits per heavy atom. The Labute approximate surface area is 185 Å². The third kappa shape index (κ3) is 8.01. The molecule has 0 radical (unpaired) electrons. The van der Waals surface area contributed by atoms with Crippen LogP contribution in [0.3, 0.4) is 0 Å². The van der Waals surface area contributed by atoms with Gasteiger partial charge in [0.05, 0.1) is 12.2 Å². The highest BCUT2D eigenvalue weighted by atomic mass is 31.3. The number of nitrogens with one attached hydrogen (secondary N) is 1. The van der Waals surface area contributed by atoms with Gasteiger partial charge in [-0.25, -0.2) is 18.5 Å². The highest BCUT2D eigenvalue weighted by Crippen LogP contribution is 2.66. The van der Waals surface area contributed by atoms with Crippen LogP contribution in [0.1, 0.15) is 31.4 Å². The van der Waals surface area contributed by atoms with E-state index in [1.807, 2.05) is 6.92 Å². The van der Waals surface area contributed by atoms with Crippen molar-refractivity contribution in [2.75, 3.05) is 6.61 Å². The highest BCUT2D eigenvalue weighted by molar-refractivity contribution is 7.66. The lowest BCUT2D eigenvalue weighted by molar-refractivity contribution is -0.0228. The van der Waals surface area contributed by atoms with Crippen molar-refractivity contribution >= 4 is 23.5 Å². The Kier molecular flexibility index (Phi) is 9.15. The van der Waals surface area contributed by atoms with Gasteiger partial charge in [-0.2, -0.15) is 8.62 Å². The van der Waals surface area contributed by atoms with E-state index < -0.39 is 65.7 Å². The monoisotopic (exact) mass is 540 g/mol. The quantitative estimate of drug-likeness (QED) is 0.163. The maximum atomic E-state index is 12.2. The zero-order chi connectivity index (χ0) is 25.2. The number of rotatable bonds is 11. The highest BCUT2D eigenvalue weighted by Gasteiger charge is 2.47. The molecule has 0 bridgehead atoms. The normalized spacial score (nSPS) is 27.2. The fourth-order valence-corrected chi connectivity index (χ4v) is 5.87. The Balaban J connectivity index is 2.13. The molecule has 1 aliphatic rings. The third-order valence-corrected chi connectivity index (χ3v) is 8.08. The number of aliphatic hydroxyl groups is 2. The average molecular weight is 540 g/mol. The van der Waals surface area contributed by atoms with Crippen LogP contribution in [0.25, 0.3) is 0 Å². The number of hydrogen-bond acceptors (Lipinski definition) is 11. The van der Waals surface area contributed by atoms with Crippen LogP contribution in [-0.4, -0.2) is 64.3 Å². The Morgan fingerprint density at radius 1 is 1.06 bits per heavy atom. The molecule has 17 nitrogen and oxygen atoms in total. The maximum Gasteiger partial charge on any atom is 0.490 e. The lowest BCUT2D eigenvalue weighted by Crippen LogP contribution is -2.36. The summed E-state index contributed by atoms with van der Waals surface area (Å²) in [7, 11) is -16.8. The number of aliphatic hydroxyl groups excluding tert-OH is 2. The summed E-state index contributed by atoms with van der Waals surface area (Å²) < 4.78 is 51.7. The van der Waals surface area contributed by atoms with Gasteiger partial charge in [0, 0.05) is 12.7 Å². The number of nitrogens with zero attached hydrogens (tertiary/aromatic N) is 1. The van der Waals surface area contributed by atoms with E-state index in [0.29, 0.717) is 6.42 Å². The van der Waals surface area contributed by atoms with Gasteiger partial charge in [0.1, 0.15) is 24.4 Å². The summed E-state index contributed by atoms with van der Waals surface area (Å²) in [6, 6.07) is 0. The Morgan fingerprint density at radius 3 is 2.27 bits per heavy atom. The van der Waals surface area contributed by atoms with Crippen LogP contribution in [0.5, 0.6) is 0 Å². The van der Waals surface area contributed by atoms with Gasteiger partial charge in [0.25, 0.3) is 5.56 Å². The second-order valence-electron chi connectivity index (χ2n) is 6.85. The Bertz CT molecular complexity index is 1100. The van der Waals surface area contributed by atoms with Crippen LogP contribution in [0.4, 0.5) is 0 Å². The number of H-pyrrole nitrogens is 1. The van der Waals surface area contributed by atoms with Crippen molar-refractivity contribution in [3.8, 4) is 0 Å². The molecular weight excluding hydrogens is 517 g/mol. The number of aromatic nitrogens is 2. The number of aromatic amines is 1. The molecule has 2 heterocycles. The van der Waals surface area contributed by atoms with Crippen molar-refractivity contribution in [2.24, 2.45) is 0 Å². The average Bonchev–Trinajstić information content (AvgIpc) is 2.91. The SMILES string of the molecule is CCCCn1cc([C@@H]2O[C@H](COP(=O)(O)OP(=O)(O)OP(=O)(O)O)[C@@H](O)[C@H]2O)c(=O)[nH]c1=O. The summed E-state index contributed by atoms with van der Waals surface area (Å²) >= 11 is 0. The number of unbranched alkanes of at least 4 members (excludes halogenated alkanes) is 1. The molecule has 1 saturated heterocycles. The summed E-state index contributed by atoms with van der Waals surface area (Å²) in [5.41, 5.74) is -1.83. The van der Waals surface area contributed by atoms with Crippen molar-refractivity contribution in [3.63, 3.8) is 0 Å². The number of hydrogen-bond donors (Lipinski definition) is 7. The molecule has 2 rings (SSSR count). The topological polar surface area (TPSA) is 264 Å². The van der Waals surface area contributed by atoms with Crippen LogP contribution in [-0.2, 0) is 38.1 Å². The van der Waals surface area contributed by atoms with E-state index in [9.17, 15) is 38.4 Å². The van der Waals surface area contributed by atoms with E-state index in [2.05, 4.69) is 18.1 Å². The third-order valence-electron chi connectivity index (χ3n) is 4.28. The molecule has 190 valence electrons. The predicted octanol–water partition coefficient (Wildman–Crippen LogP) is -1.16. The molecule has 33 heavy (non-hydrogen) atoms. The molecular formula is C13H23N2O15P3. The number of aryl methyl sites for hydroxylation is 1. The fourth-order valence-electron chi connectivity index (χ4n) is 2.84. The van der Waals surface area contributed by atoms with E-state index >= 15 is 0 Å². The first-order chi connectivity index (χ1) is 15.1. The molecule has 1 aliphatic heterocycles. The van der Waals surface area contributed by atoms with Crippen molar-refractivity contribution in [1.29, 1.82) is 0 Å². The molecule has 0 aromatic carbocycles. The van der Waals surface area contributed by atoms with Crippen molar-refractivity contribution in [1.82, 2.24) is 9.55 Å². The molecule has 0 amide bonds. The summed E-state index contributed by atoms with van der Waals surface area (Å²) in [5, 5.41) is 20.4. The van der Waals surface area contributed by atoms with Crippen molar-refractivity contribution < 1.29 is 61.4 Å². The molecule has 20 heteroatoms. The van der Waals surface area contributed by atoms with Crippen molar-refractivity contribution in [3.05, 3.63) is 32.6 Å². The van der Waals surface area contributed by atoms with Gasteiger partial charge >= 0.3 is 29.2 Å². The first-order valence-electron chi connectivity index (χ1n) is 9.19. The zero-order valence-corrected chi connectivity index (χ0v) is 19.5. The maximum absolute atomic E-state index is 12.2. The molecule has 0 spiro atoms. The number of phosphoric ester groups is 1. The van der Waals surface area contributed by atoms with E-state index in [4.69, 9.17) is 19.4 Å². The minimum absolute atomic E-state index is 0.224. The summed E-state index contributed by atoms with van der Waals surface area (Å²) in [5.74, 6) is 0. The second kappa shape index (κ2) is 10.7. The minimum atomic E-state index is -5.74. The van der Waals surface area contributed by atoms with Gasteiger partial charge in [0.2, 0.25) is 0 Å². The van der Waals surface area contributed by atoms with Gasteiger partial charge in [-0.3, -0.25) is 14.3 Å². The smallest absolute Gasteiger partial charge is 0.387 e. The lowest BCUT2D eigenvalue weighted by Gasteiger charge is -2.19. The van der Waals surface area contributed by atoms with E-state index in [0.717, 1.165) is 12.6 Å². The largest absolute Gasteiger partial charge is 0.490 e. The van der Waals surface area contributed by atoms with E-state index in [1.165, 1.54) is 4.57 Å². The first-order valence-corrected chi connectivity index (χ1v) is 13.7. The standard InChI is InChI=1S/C13H23N2O15P3/c1-2-3-4-15-5-7(12(18)14-13(15)19)11-10(17)9(16)8(28-11)6-27-32(23,24)30-33(25,26)29-31(20,21)22/h5,8-11,16-17H,2-4,6H2,1H3,(H,23,24)(H,25,26)(H,14,18,19)(H2,20,21,22)/t8-,9-,10-,11+/m1/s1. The molecule has 6 atom stereocenters. The lowest BCUT2D eigenvalue weighted by atomic mass is 10.0. The molecule has 2 unspecified atom stereocenters. The van der Waals surface area contributed by atoms with Gasteiger partial charge < -0.3 is 39.1 Å². The molecule has 0 saturated carbocycles. The Hall–Kier alpha value is -1.03. The first kappa shape index (κ1) is 28.2. The van der Waals surface area contributed by atoms with Gasteiger partial charge in [0.15, 0.2) is 0 Å². The van der Waals surface area contributed by atoms with Gasteiger partial charge in [-0.05, 0) is 6.42 Å². The van der Waals surface area contributed by atoms with Crippen LogP contribution in [0, 0.1) is 0 Å². The predicted molar refractivity (Wildman–Crippen MR) is 106 cm³/mol. The molecule has 1 aromatic rings. The number of ether oxygens (including phenoxy) is 1. The molecule has 0 aliphatic carbocycles. The summed E-state index contributed by atoms with van der Waals surface area (Å²) in [6.07, 6.45) is -4.08. The molecule has 1 fully saturated rings. The van der Waals surface area contributed by atoms with Crippen LogP contribution in [0.2, 0.25) is 0 Å². The minimum Gasteiger partial charge on any atom is -0.387 e. The van der Waals surface area contributed by atoms with Gasteiger partial charge in [-0.15, -0.1) is 0 Å². The number of phosphoric acid groups is 3. The second-order valence-corrected chi connectivity index (χ2v) is 11.3. The van der Waals surface area contributed by atoms with E-state index in [1.54, 1.807) is 0 Å². The van der Waals surface area contributed by atoms with Gasteiger partial charge in [-0.1, -0.05) is 13.3 Å². The molecule has 7 N–H and O–H groups in total. The van der Waals surface area contributed by atoms with Crippen molar-refractivity contribution in [2.45, 2.75) is 50.7 Å². The van der Waals surface area contributed by atoms with Crippen LogP contribution >= 0.6 is 23.5 Å².